The Morgan fingerprint density at radius 2 is 2.16 bits per heavy atom. The topological polar surface area (TPSA) is 58.6 Å². The first kappa shape index (κ1) is 14.4. The molecule has 0 spiro atoms. The number of rotatable bonds is 5. The molecule has 2 rings (SSSR count). The third-order valence-electron chi connectivity index (χ3n) is 3.27. The zero-order valence-electron chi connectivity index (χ0n) is 10.3. The van der Waals surface area contributed by atoms with E-state index in [9.17, 15) is 9.90 Å². The van der Waals surface area contributed by atoms with Crippen LogP contribution in [0.5, 0.6) is 5.75 Å². The average molecular weight is 304 g/mol. The summed E-state index contributed by atoms with van der Waals surface area (Å²) in [4.78, 5) is 11.7. The van der Waals surface area contributed by atoms with Gasteiger partial charge < -0.3 is 15.2 Å². The van der Waals surface area contributed by atoms with E-state index in [0.717, 1.165) is 19.3 Å². The molecule has 4 nitrogen and oxygen atoms in total. The highest BCUT2D eigenvalue weighted by Crippen LogP contribution is 2.31. The Kier molecular flexibility index (Phi) is 4.55. The number of amides is 1. The molecule has 1 aliphatic carbocycles. The van der Waals surface area contributed by atoms with Crippen LogP contribution in [0.2, 0.25) is 10.0 Å². The Bertz CT molecular complexity index is 469. The lowest BCUT2D eigenvalue weighted by Gasteiger charge is -2.40. The summed E-state index contributed by atoms with van der Waals surface area (Å²) in [6.45, 7) is -0.177. The molecule has 19 heavy (non-hydrogen) atoms. The Morgan fingerprint density at radius 1 is 1.42 bits per heavy atom. The molecule has 1 fully saturated rings. The molecule has 0 radical (unpaired) electrons. The van der Waals surface area contributed by atoms with Crippen LogP contribution in [0.1, 0.15) is 19.3 Å². The standard InChI is InChI=1S/C13H15Cl2NO3/c14-9-2-3-11(10(15)6-9)19-7-12(18)16-13(8-17)4-1-5-13/h2-3,6,17H,1,4-5,7-8H2,(H,16,18). The van der Waals surface area contributed by atoms with Crippen molar-refractivity contribution in [2.24, 2.45) is 0 Å². The molecule has 6 heteroatoms. The van der Waals surface area contributed by atoms with E-state index in [2.05, 4.69) is 5.32 Å². The first-order valence-electron chi connectivity index (χ1n) is 6.04. The van der Waals surface area contributed by atoms with Crippen LogP contribution in [-0.2, 0) is 4.79 Å². The van der Waals surface area contributed by atoms with Gasteiger partial charge >= 0.3 is 0 Å². The largest absolute Gasteiger partial charge is 0.482 e. The van der Waals surface area contributed by atoms with E-state index >= 15 is 0 Å². The van der Waals surface area contributed by atoms with Crippen LogP contribution in [-0.4, -0.2) is 29.8 Å². The molecular weight excluding hydrogens is 289 g/mol. The predicted octanol–water partition coefficient (Wildman–Crippen LogP) is 2.40. The summed E-state index contributed by atoms with van der Waals surface area (Å²) in [6.07, 6.45) is 2.62. The van der Waals surface area contributed by atoms with Gasteiger partial charge in [0, 0.05) is 5.02 Å². The summed E-state index contributed by atoms with van der Waals surface area (Å²) in [6, 6.07) is 4.81. The number of ether oxygens (including phenoxy) is 1. The summed E-state index contributed by atoms with van der Waals surface area (Å²) < 4.78 is 5.33. The van der Waals surface area contributed by atoms with Gasteiger partial charge in [-0.15, -0.1) is 0 Å². The fourth-order valence-electron chi connectivity index (χ4n) is 1.99. The molecule has 0 aliphatic heterocycles. The van der Waals surface area contributed by atoms with Gasteiger partial charge in [-0.2, -0.15) is 0 Å². The summed E-state index contributed by atoms with van der Waals surface area (Å²) in [5, 5.41) is 12.9. The van der Waals surface area contributed by atoms with E-state index in [1.807, 2.05) is 0 Å². The van der Waals surface area contributed by atoms with Crippen LogP contribution >= 0.6 is 23.2 Å². The highest BCUT2D eigenvalue weighted by atomic mass is 35.5. The SMILES string of the molecule is O=C(COc1ccc(Cl)cc1Cl)NC1(CO)CCC1. The third kappa shape index (κ3) is 3.53. The normalized spacial score (nSPS) is 16.6. The van der Waals surface area contributed by atoms with Gasteiger partial charge in [0.2, 0.25) is 0 Å². The van der Waals surface area contributed by atoms with Crippen molar-refractivity contribution in [3.8, 4) is 5.75 Å². The molecule has 0 atom stereocenters. The molecule has 2 N–H and O–H groups in total. The van der Waals surface area contributed by atoms with E-state index in [-0.39, 0.29) is 19.1 Å². The van der Waals surface area contributed by atoms with Crippen molar-refractivity contribution in [3.63, 3.8) is 0 Å². The van der Waals surface area contributed by atoms with Crippen LogP contribution < -0.4 is 10.1 Å². The van der Waals surface area contributed by atoms with Crippen molar-refractivity contribution in [3.05, 3.63) is 28.2 Å². The van der Waals surface area contributed by atoms with Crippen LogP contribution in [0.4, 0.5) is 0 Å². The highest BCUT2D eigenvalue weighted by Gasteiger charge is 2.37. The van der Waals surface area contributed by atoms with Crippen molar-refractivity contribution >= 4 is 29.1 Å². The zero-order chi connectivity index (χ0) is 13.9. The van der Waals surface area contributed by atoms with Gasteiger partial charge in [0.15, 0.2) is 6.61 Å². The monoisotopic (exact) mass is 303 g/mol. The minimum atomic E-state index is -0.454. The average Bonchev–Trinajstić information content (AvgIpc) is 2.33. The molecule has 0 bridgehead atoms. The van der Waals surface area contributed by atoms with Crippen LogP contribution in [0.3, 0.4) is 0 Å². The van der Waals surface area contributed by atoms with Crippen LogP contribution in [0.25, 0.3) is 0 Å². The number of nitrogens with one attached hydrogen (secondary N) is 1. The van der Waals surface area contributed by atoms with Gasteiger partial charge in [0.05, 0.1) is 17.2 Å². The highest BCUT2D eigenvalue weighted by molar-refractivity contribution is 6.35. The Balaban J connectivity index is 1.86. The molecule has 1 aliphatic rings. The number of hydrogen-bond acceptors (Lipinski definition) is 3. The lowest BCUT2D eigenvalue weighted by molar-refractivity contribution is -0.127. The Morgan fingerprint density at radius 3 is 2.68 bits per heavy atom. The number of halogens is 2. The maximum atomic E-state index is 11.7. The van der Waals surface area contributed by atoms with Crippen LogP contribution in [0.15, 0.2) is 18.2 Å². The van der Waals surface area contributed by atoms with Gasteiger partial charge in [-0.25, -0.2) is 0 Å². The van der Waals surface area contributed by atoms with Gasteiger partial charge in [0.1, 0.15) is 5.75 Å². The smallest absolute Gasteiger partial charge is 0.258 e. The van der Waals surface area contributed by atoms with E-state index in [0.29, 0.717) is 15.8 Å². The first-order chi connectivity index (χ1) is 9.04. The van der Waals surface area contributed by atoms with Gasteiger partial charge in [-0.05, 0) is 37.5 Å². The molecular formula is C13H15Cl2NO3. The van der Waals surface area contributed by atoms with Gasteiger partial charge in [-0.3, -0.25) is 4.79 Å². The first-order valence-corrected chi connectivity index (χ1v) is 6.80. The Labute approximate surface area is 121 Å². The number of aliphatic hydroxyl groups excluding tert-OH is 1. The van der Waals surface area contributed by atoms with Crippen LogP contribution in [0, 0.1) is 0 Å². The Hall–Kier alpha value is -0.970. The molecule has 104 valence electrons. The number of hydrogen-bond donors (Lipinski definition) is 2. The summed E-state index contributed by atoms with van der Waals surface area (Å²) >= 11 is 11.7. The molecule has 0 aromatic heterocycles. The second-order valence-electron chi connectivity index (χ2n) is 4.70. The fraction of sp³-hybridized carbons (Fsp3) is 0.462. The summed E-state index contributed by atoms with van der Waals surface area (Å²) in [5.74, 6) is 0.146. The number of carbonyl (C=O) groups is 1. The lowest BCUT2D eigenvalue weighted by atomic mass is 9.77. The number of benzene rings is 1. The van der Waals surface area contributed by atoms with E-state index in [4.69, 9.17) is 27.9 Å². The molecule has 1 aromatic rings. The molecule has 1 amide bonds. The van der Waals surface area contributed by atoms with Crippen molar-refractivity contribution in [2.45, 2.75) is 24.8 Å². The predicted molar refractivity (Wildman–Crippen MR) is 73.8 cm³/mol. The van der Waals surface area contributed by atoms with Gasteiger partial charge in [-0.1, -0.05) is 23.2 Å². The maximum absolute atomic E-state index is 11.7. The van der Waals surface area contributed by atoms with E-state index < -0.39 is 5.54 Å². The molecule has 0 unspecified atom stereocenters. The second kappa shape index (κ2) is 5.99. The van der Waals surface area contributed by atoms with Crippen molar-refractivity contribution in [2.75, 3.05) is 13.2 Å². The van der Waals surface area contributed by atoms with E-state index in [1.54, 1.807) is 18.2 Å². The van der Waals surface area contributed by atoms with E-state index in [1.165, 1.54) is 0 Å². The fourth-order valence-corrected chi connectivity index (χ4v) is 2.46. The summed E-state index contributed by atoms with van der Waals surface area (Å²) in [7, 11) is 0. The second-order valence-corrected chi connectivity index (χ2v) is 5.55. The molecule has 1 saturated carbocycles. The number of aliphatic hydroxyl groups is 1. The minimum Gasteiger partial charge on any atom is -0.482 e. The third-order valence-corrected chi connectivity index (χ3v) is 3.80. The van der Waals surface area contributed by atoms with Gasteiger partial charge in [0.25, 0.3) is 5.91 Å². The molecule has 0 heterocycles. The quantitative estimate of drug-likeness (QED) is 0.878. The summed E-state index contributed by atoms with van der Waals surface area (Å²) in [5.41, 5.74) is -0.454. The molecule has 0 saturated heterocycles. The maximum Gasteiger partial charge on any atom is 0.258 e. The lowest BCUT2D eigenvalue weighted by Crippen LogP contribution is -2.57. The van der Waals surface area contributed by atoms with Crippen molar-refractivity contribution in [1.82, 2.24) is 5.32 Å². The van der Waals surface area contributed by atoms with Crippen molar-refractivity contribution < 1.29 is 14.6 Å². The van der Waals surface area contributed by atoms with Crippen molar-refractivity contribution in [1.29, 1.82) is 0 Å². The minimum absolute atomic E-state index is 0.0412. The molecule has 1 aromatic carbocycles. The zero-order valence-corrected chi connectivity index (χ0v) is 11.8. The number of carbonyl (C=O) groups excluding carboxylic acids is 1.